The van der Waals surface area contributed by atoms with Crippen LogP contribution in [0, 0.1) is 5.82 Å². The van der Waals surface area contributed by atoms with Gasteiger partial charge in [-0.25, -0.2) is 14.2 Å². The monoisotopic (exact) mass is 341 g/mol. The van der Waals surface area contributed by atoms with Gasteiger partial charge in [0.2, 0.25) is 0 Å². The SMILES string of the molecule is COC(=O)c1c(OC)c(CCBr)nc2ccc(F)cc12. The average molecular weight is 342 g/mol. The van der Waals surface area contributed by atoms with Crippen LogP contribution in [0.5, 0.6) is 5.75 Å². The number of aryl methyl sites for hydroxylation is 1. The predicted octanol–water partition coefficient (Wildman–Crippen LogP) is 3.11. The second-order valence-electron chi connectivity index (χ2n) is 4.06. The molecule has 6 heteroatoms. The third kappa shape index (κ3) is 2.60. The first kappa shape index (κ1) is 14.7. The van der Waals surface area contributed by atoms with E-state index in [-0.39, 0.29) is 5.56 Å². The summed E-state index contributed by atoms with van der Waals surface area (Å²) in [6, 6.07) is 4.10. The summed E-state index contributed by atoms with van der Waals surface area (Å²) in [5, 5.41) is 1.05. The standard InChI is InChI=1S/C14H13BrFNO3/c1-19-13-11(5-6-15)17-10-4-3-8(16)7-9(10)12(13)14(18)20-2/h3-4,7H,5-6H2,1-2H3. The number of benzene rings is 1. The van der Waals surface area contributed by atoms with E-state index in [4.69, 9.17) is 9.47 Å². The van der Waals surface area contributed by atoms with Crippen LogP contribution in [0.1, 0.15) is 16.1 Å². The van der Waals surface area contributed by atoms with Gasteiger partial charge in [-0.2, -0.15) is 0 Å². The van der Waals surface area contributed by atoms with Crippen LogP contribution in [0.2, 0.25) is 0 Å². The van der Waals surface area contributed by atoms with Crippen molar-refractivity contribution in [2.75, 3.05) is 19.5 Å². The van der Waals surface area contributed by atoms with Crippen LogP contribution in [0.4, 0.5) is 4.39 Å². The smallest absolute Gasteiger partial charge is 0.342 e. The van der Waals surface area contributed by atoms with Gasteiger partial charge in [0.15, 0.2) is 5.75 Å². The van der Waals surface area contributed by atoms with Crippen molar-refractivity contribution in [3.05, 3.63) is 35.3 Å². The van der Waals surface area contributed by atoms with Gasteiger partial charge in [0.1, 0.15) is 11.4 Å². The summed E-state index contributed by atoms with van der Waals surface area (Å²) in [6.45, 7) is 0. The number of nitrogens with zero attached hydrogens (tertiary/aromatic N) is 1. The van der Waals surface area contributed by atoms with Gasteiger partial charge in [0, 0.05) is 17.1 Å². The van der Waals surface area contributed by atoms with Crippen LogP contribution in [0.15, 0.2) is 18.2 Å². The molecule has 0 aliphatic rings. The molecule has 0 radical (unpaired) electrons. The Hall–Kier alpha value is -1.69. The number of fused-ring (bicyclic) bond motifs is 1. The lowest BCUT2D eigenvalue weighted by atomic mass is 10.0. The average Bonchev–Trinajstić information content (AvgIpc) is 2.45. The number of pyridine rings is 1. The molecule has 20 heavy (non-hydrogen) atoms. The number of carbonyl (C=O) groups is 1. The van der Waals surface area contributed by atoms with Crippen molar-refractivity contribution >= 4 is 32.8 Å². The van der Waals surface area contributed by atoms with Crippen molar-refractivity contribution in [3.8, 4) is 5.75 Å². The Kier molecular flexibility index (Phi) is 4.54. The zero-order chi connectivity index (χ0) is 14.7. The first-order valence-corrected chi connectivity index (χ1v) is 7.05. The van der Waals surface area contributed by atoms with E-state index in [1.807, 2.05) is 0 Å². The van der Waals surface area contributed by atoms with Gasteiger partial charge < -0.3 is 9.47 Å². The fourth-order valence-corrected chi connectivity index (χ4v) is 2.43. The maximum atomic E-state index is 13.4. The van der Waals surface area contributed by atoms with Crippen molar-refractivity contribution in [3.63, 3.8) is 0 Å². The molecule has 2 rings (SSSR count). The Morgan fingerprint density at radius 2 is 2.15 bits per heavy atom. The van der Waals surface area contributed by atoms with Gasteiger partial charge in [-0.1, -0.05) is 15.9 Å². The molecule has 1 aromatic carbocycles. The normalized spacial score (nSPS) is 10.6. The first-order valence-electron chi connectivity index (χ1n) is 5.92. The van der Waals surface area contributed by atoms with E-state index >= 15 is 0 Å². The Bertz CT molecular complexity index is 660. The number of hydrogen-bond donors (Lipinski definition) is 0. The number of aromatic nitrogens is 1. The van der Waals surface area contributed by atoms with Crippen molar-refractivity contribution in [2.45, 2.75) is 6.42 Å². The summed E-state index contributed by atoms with van der Waals surface area (Å²) in [5.41, 5.74) is 1.36. The highest BCUT2D eigenvalue weighted by Crippen LogP contribution is 2.31. The summed E-state index contributed by atoms with van der Waals surface area (Å²) in [6.07, 6.45) is 0.584. The number of methoxy groups -OCH3 is 2. The molecule has 0 fully saturated rings. The van der Waals surface area contributed by atoms with E-state index in [2.05, 4.69) is 20.9 Å². The molecule has 1 aromatic heterocycles. The van der Waals surface area contributed by atoms with Crippen LogP contribution < -0.4 is 4.74 Å². The summed E-state index contributed by atoms with van der Waals surface area (Å²) >= 11 is 3.33. The molecule has 0 bridgehead atoms. The fraction of sp³-hybridized carbons (Fsp3) is 0.286. The molecule has 0 saturated carbocycles. The van der Waals surface area contributed by atoms with Crippen LogP contribution in [-0.2, 0) is 11.2 Å². The summed E-state index contributed by atoms with van der Waals surface area (Å²) in [5.74, 6) is -0.690. The number of halogens is 2. The predicted molar refractivity (Wildman–Crippen MR) is 77.1 cm³/mol. The third-order valence-electron chi connectivity index (χ3n) is 2.90. The molecule has 0 N–H and O–H groups in total. The minimum absolute atomic E-state index is 0.204. The van der Waals surface area contributed by atoms with Gasteiger partial charge >= 0.3 is 5.97 Å². The summed E-state index contributed by atoms with van der Waals surface area (Å²) in [7, 11) is 2.73. The van der Waals surface area contributed by atoms with Crippen molar-refractivity contribution in [1.29, 1.82) is 0 Å². The summed E-state index contributed by atoms with van der Waals surface area (Å²) < 4.78 is 23.5. The van der Waals surface area contributed by atoms with E-state index in [0.29, 0.717) is 34.1 Å². The molecular weight excluding hydrogens is 329 g/mol. The zero-order valence-corrected chi connectivity index (χ0v) is 12.7. The van der Waals surface area contributed by atoms with E-state index in [1.54, 1.807) is 0 Å². The third-order valence-corrected chi connectivity index (χ3v) is 3.29. The number of ether oxygens (including phenoxy) is 2. The molecule has 0 aliphatic carbocycles. The van der Waals surface area contributed by atoms with E-state index in [1.165, 1.54) is 32.4 Å². The number of esters is 1. The largest absolute Gasteiger partial charge is 0.494 e. The van der Waals surface area contributed by atoms with Crippen LogP contribution >= 0.6 is 15.9 Å². The highest BCUT2D eigenvalue weighted by molar-refractivity contribution is 9.09. The lowest BCUT2D eigenvalue weighted by molar-refractivity contribution is 0.0599. The Balaban J connectivity index is 2.84. The second-order valence-corrected chi connectivity index (χ2v) is 4.85. The maximum absolute atomic E-state index is 13.4. The van der Waals surface area contributed by atoms with Gasteiger partial charge in [-0.15, -0.1) is 0 Å². The molecule has 106 valence electrons. The molecule has 4 nitrogen and oxygen atoms in total. The Morgan fingerprint density at radius 3 is 2.75 bits per heavy atom. The first-order chi connectivity index (χ1) is 9.62. The second kappa shape index (κ2) is 6.17. The van der Waals surface area contributed by atoms with Crippen molar-refractivity contribution in [1.82, 2.24) is 4.98 Å². The van der Waals surface area contributed by atoms with Crippen LogP contribution in [-0.4, -0.2) is 30.5 Å². The van der Waals surface area contributed by atoms with Gasteiger partial charge in [-0.05, 0) is 18.2 Å². The van der Waals surface area contributed by atoms with E-state index in [0.717, 1.165) is 0 Å². The van der Waals surface area contributed by atoms with E-state index < -0.39 is 11.8 Å². The molecule has 1 heterocycles. The lowest BCUT2D eigenvalue weighted by Gasteiger charge is -2.14. The molecule has 0 amide bonds. The Morgan fingerprint density at radius 1 is 1.40 bits per heavy atom. The molecule has 2 aromatic rings. The minimum Gasteiger partial charge on any atom is -0.494 e. The minimum atomic E-state index is -0.573. The lowest BCUT2D eigenvalue weighted by Crippen LogP contribution is -2.09. The molecule has 0 aliphatic heterocycles. The molecule has 0 spiro atoms. The number of carbonyl (C=O) groups excluding carboxylic acids is 1. The van der Waals surface area contributed by atoms with Crippen LogP contribution in [0.25, 0.3) is 10.9 Å². The van der Waals surface area contributed by atoms with Crippen LogP contribution in [0.3, 0.4) is 0 Å². The topological polar surface area (TPSA) is 48.4 Å². The Labute approximate surface area is 124 Å². The number of alkyl halides is 1. The highest BCUT2D eigenvalue weighted by atomic mass is 79.9. The van der Waals surface area contributed by atoms with Crippen molar-refractivity contribution in [2.24, 2.45) is 0 Å². The molecule has 0 atom stereocenters. The summed E-state index contributed by atoms with van der Waals surface area (Å²) in [4.78, 5) is 16.4. The molecular formula is C14H13BrFNO3. The number of hydrogen-bond acceptors (Lipinski definition) is 4. The van der Waals surface area contributed by atoms with Crippen molar-refractivity contribution < 1.29 is 18.7 Å². The molecule has 0 unspecified atom stereocenters. The zero-order valence-electron chi connectivity index (χ0n) is 11.1. The van der Waals surface area contributed by atoms with Gasteiger partial charge in [0.25, 0.3) is 0 Å². The maximum Gasteiger partial charge on any atom is 0.342 e. The quantitative estimate of drug-likeness (QED) is 0.633. The van der Waals surface area contributed by atoms with Gasteiger partial charge in [-0.3, -0.25) is 0 Å². The fourth-order valence-electron chi connectivity index (χ4n) is 2.05. The molecule has 0 saturated heterocycles. The number of rotatable bonds is 4. The highest BCUT2D eigenvalue weighted by Gasteiger charge is 2.22. The van der Waals surface area contributed by atoms with Gasteiger partial charge in [0.05, 0.1) is 25.4 Å². The van der Waals surface area contributed by atoms with E-state index in [9.17, 15) is 9.18 Å².